The van der Waals surface area contributed by atoms with Gasteiger partial charge in [0, 0.05) is 6.04 Å². The van der Waals surface area contributed by atoms with Crippen molar-refractivity contribution in [3.8, 4) is 0 Å². The van der Waals surface area contributed by atoms with Gasteiger partial charge in [0.1, 0.15) is 0 Å². The molecule has 0 unspecified atom stereocenters. The molecule has 0 amide bonds. The zero-order chi connectivity index (χ0) is 11.5. The molecule has 86 valence electrons. The van der Waals surface area contributed by atoms with Crippen LogP contribution in [0.3, 0.4) is 0 Å². The maximum atomic E-state index is 11.4. The minimum atomic E-state index is -0.303. The largest absolute Gasteiger partial charge is 0.465 e. The molecule has 0 spiro atoms. The molecule has 2 N–H and O–H groups in total. The lowest BCUT2D eigenvalue weighted by Crippen LogP contribution is -2.27. The maximum absolute atomic E-state index is 11.4. The van der Waals surface area contributed by atoms with E-state index in [4.69, 9.17) is 10.5 Å². The smallest absolute Gasteiger partial charge is 0.337 e. The molecule has 1 atom stereocenters. The van der Waals surface area contributed by atoms with Gasteiger partial charge in [-0.25, -0.2) is 4.79 Å². The molecule has 16 heavy (non-hydrogen) atoms. The van der Waals surface area contributed by atoms with Gasteiger partial charge in [-0.15, -0.1) is 0 Å². The Balaban J connectivity index is 2.17. The Bertz CT molecular complexity index is 385. The Morgan fingerprint density at radius 1 is 1.50 bits per heavy atom. The second-order valence-corrected chi connectivity index (χ2v) is 4.33. The topological polar surface area (TPSA) is 52.3 Å². The quantitative estimate of drug-likeness (QED) is 0.793. The molecule has 0 aliphatic heterocycles. The minimum absolute atomic E-state index is 0.0540. The highest BCUT2D eigenvalue weighted by Gasteiger charge is 2.25. The summed E-state index contributed by atoms with van der Waals surface area (Å²) in [6, 6.07) is 7.49. The number of rotatable bonds is 3. The molecule has 0 aromatic heterocycles. The van der Waals surface area contributed by atoms with Gasteiger partial charge >= 0.3 is 5.97 Å². The van der Waals surface area contributed by atoms with Crippen LogP contribution in [0.1, 0.15) is 41.2 Å². The summed E-state index contributed by atoms with van der Waals surface area (Å²) in [6.45, 7) is 0. The van der Waals surface area contributed by atoms with Crippen LogP contribution in [0.5, 0.6) is 0 Å². The van der Waals surface area contributed by atoms with E-state index in [2.05, 4.69) is 0 Å². The molecule has 1 aliphatic carbocycles. The minimum Gasteiger partial charge on any atom is -0.465 e. The van der Waals surface area contributed by atoms with Crippen LogP contribution in [0, 0.1) is 5.92 Å². The average Bonchev–Trinajstić information content (AvgIpc) is 2.26. The van der Waals surface area contributed by atoms with Gasteiger partial charge in [-0.3, -0.25) is 0 Å². The lowest BCUT2D eigenvalue weighted by atomic mass is 9.77. The van der Waals surface area contributed by atoms with E-state index < -0.39 is 0 Å². The van der Waals surface area contributed by atoms with E-state index in [0.717, 1.165) is 5.56 Å². The number of hydrogen-bond donors (Lipinski definition) is 1. The molecule has 1 aromatic rings. The first-order valence-electron chi connectivity index (χ1n) is 5.66. The van der Waals surface area contributed by atoms with Gasteiger partial charge in [0.2, 0.25) is 0 Å². The monoisotopic (exact) mass is 219 g/mol. The van der Waals surface area contributed by atoms with Crippen molar-refractivity contribution >= 4 is 5.97 Å². The van der Waals surface area contributed by atoms with Gasteiger partial charge in [0.15, 0.2) is 0 Å². The van der Waals surface area contributed by atoms with E-state index in [-0.39, 0.29) is 12.0 Å². The summed E-state index contributed by atoms with van der Waals surface area (Å²) in [5.74, 6) is 0.274. The maximum Gasteiger partial charge on any atom is 0.337 e. The Morgan fingerprint density at radius 2 is 2.25 bits per heavy atom. The van der Waals surface area contributed by atoms with E-state index in [9.17, 15) is 4.79 Å². The Morgan fingerprint density at radius 3 is 2.81 bits per heavy atom. The normalized spacial score (nSPS) is 17.6. The fraction of sp³-hybridized carbons (Fsp3) is 0.462. The zero-order valence-corrected chi connectivity index (χ0v) is 9.48. The summed E-state index contributed by atoms with van der Waals surface area (Å²) in [6.07, 6.45) is 3.67. The van der Waals surface area contributed by atoms with Gasteiger partial charge in [0.05, 0.1) is 12.7 Å². The lowest BCUT2D eigenvalue weighted by molar-refractivity contribution is 0.0600. The van der Waals surface area contributed by atoms with Crippen LogP contribution in [0.2, 0.25) is 0 Å². The molecule has 3 nitrogen and oxygen atoms in total. The number of esters is 1. The summed E-state index contributed by atoms with van der Waals surface area (Å²) in [7, 11) is 1.39. The van der Waals surface area contributed by atoms with E-state index in [1.165, 1.54) is 26.4 Å². The highest BCUT2D eigenvalue weighted by atomic mass is 16.5. The van der Waals surface area contributed by atoms with Crippen molar-refractivity contribution in [2.75, 3.05) is 7.11 Å². The van der Waals surface area contributed by atoms with Crippen molar-refractivity contribution in [3.63, 3.8) is 0 Å². The Hall–Kier alpha value is -1.35. The van der Waals surface area contributed by atoms with Gasteiger partial charge in [-0.1, -0.05) is 18.6 Å². The van der Waals surface area contributed by atoms with Crippen LogP contribution in [0.15, 0.2) is 24.3 Å². The van der Waals surface area contributed by atoms with Crippen molar-refractivity contribution < 1.29 is 9.53 Å². The number of nitrogens with two attached hydrogens (primary N) is 1. The summed E-state index contributed by atoms with van der Waals surface area (Å²) < 4.78 is 4.69. The van der Waals surface area contributed by atoms with Crippen LogP contribution < -0.4 is 5.73 Å². The number of carbonyl (C=O) groups excluding carboxylic acids is 1. The van der Waals surface area contributed by atoms with Crippen molar-refractivity contribution in [1.82, 2.24) is 0 Å². The van der Waals surface area contributed by atoms with Crippen LogP contribution in [-0.4, -0.2) is 13.1 Å². The summed E-state index contributed by atoms with van der Waals surface area (Å²) >= 11 is 0. The van der Waals surface area contributed by atoms with Crippen LogP contribution in [-0.2, 0) is 4.74 Å². The van der Waals surface area contributed by atoms with Crippen molar-refractivity contribution in [2.45, 2.75) is 25.3 Å². The third-order valence-corrected chi connectivity index (χ3v) is 3.35. The second-order valence-electron chi connectivity index (χ2n) is 4.33. The van der Waals surface area contributed by atoms with Crippen molar-refractivity contribution in [2.24, 2.45) is 11.7 Å². The Kier molecular flexibility index (Phi) is 3.25. The molecule has 0 radical (unpaired) electrons. The molecule has 3 heteroatoms. The number of carbonyl (C=O) groups is 1. The highest BCUT2D eigenvalue weighted by molar-refractivity contribution is 5.89. The van der Waals surface area contributed by atoms with Crippen LogP contribution in [0.25, 0.3) is 0 Å². The number of methoxy groups -OCH3 is 1. The predicted octanol–water partition coefficient (Wildman–Crippen LogP) is 2.27. The fourth-order valence-electron chi connectivity index (χ4n) is 2.06. The summed E-state index contributed by atoms with van der Waals surface area (Å²) in [5.41, 5.74) is 7.77. The third-order valence-electron chi connectivity index (χ3n) is 3.35. The SMILES string of the molecule is COC(=O)c1cccc([C@H](N)C2CCC2)c1. The van der Waals surface area contributed by atoms with E-state index in [1.807, 2.05) is 18.2 Å². The van der Waals surface area contributed by atoms with Gasteiger partial charge in [0.25, 0.3) is 0 Å². The van der Waals surface area contributed by atoms with Crippen molar-refractivity contribution in [1.29, 1.82) is 0 Å². The zero-order valence-electron chi connectivity index (χ0n) is 9.48. The average molecular weight is 219 g/mol. The molecule has 0 saturated heterocycles. The highest BCUT2D eigenvalue weighted by Crippen LogP contribution is 2.36. The first kappa shape index (κ1) is 11.1. The molecule has 1 fully saturated rings. The van der Waals surface area contributed by atoms with E-state index in [0.29, 0.717) is 11.5 Å². The van der Waals surface area contributed by atoms with Gasteiger partial charge in [-0.2, -0.15) is 0 Å². The van der Waals surface area contributed by atoms with Gasteiger partial charge < -0.3 is 10.5 Å². The molecule has 0 bridgehead atoms. The summed E-state index contributed by atoms with van der Waals surface area (Å²) in [5, 5.41) is 0. The molecule has 2 rings (SSSR count). The van der Waals surface area contributed by atoms with E-state index in [1.54, 1.807) is 6.07 Å². The third kappa shape index (κ3) is 2.09. The van der Waals surface area contributed by atoms with Crippen molar-refractivity contribution in [3.05, 3.63) is 35.4 Å². The molecular formula is C13H17NO2. The standard InChI is InChI=1S/C13H17NO2/c1-16-13(15)11-7-3-6-10(8-11)12(14)9-4-2-5-9/h3,6-9,12H,2,4-5,14H2,1H3/t12-/m1/s1. The summed E-state index contributed by atoms with van der Waals surface area (Å²) in [4.78, 5) is 11.4. The van der Waals surface area contributed by atoms with Gasteiger partial charge in [-0.05, 0) is 36.5 Å². The Labute approximate surface area is 95.6 Å². The molecule has 1 aliphatic rings. The number of ether oxygens (including phenoxy) is 1. The fourth-order valence-corrected chi connectivity index (χ4v) is 2.06. The van der Waals surface area contributed by atoms with Crippen LogP contribution >= 0.6 is 0 Å². The lowest BCUT2D eigenvalue weighted by Gasteiger charge is -2.31. The first-order valence-corrected chi connectivity index (χ1v) is 5.66. The molecule has 1 aromatic carbocycles. The first-order chi connectivity index (χ1) is 7.72. The number of hydrogen-bond acceptors (Lipinski definition) is 3. The predicted molar refractivity (Wildman–Crippen MR) is 62.1 cm³/mol. The number of benzene rings is 1. The molecule has 1 saturated carbocycles. The van der Waals surface area contributed by atoms with E-state index >= 15 is 0 Å². The second kappa shape index (κ2) is 4.66. The van der Waals surface area contributed by atoms with Crippen LogP contribution in [0.4, 0.5) is 0 Å². The molecule has 0 heterocycles. The molecular weight excluding hydrogens is 202 g/mol.